The van der Waals surface area contributed by atoms with Crippen molar-refractivity contribution in [3.8, 4) is 17.2 Å². The highest BCUT2D eigenvalue weighted by Crippen LogP contribution is 2.28. The van der Waals surface area contributed by atoms with E-state index in [9.17, 15) is 9.59 Å². The van der Waals surface area contributed by atoms with Crippen LogP contribution in [0, 0.1) is 0 Å². The molecule has 1 saturated heterocycles. The second-order valence-corrected chi connectivity index (χ2v) is 6.30. The largest absolute Gasteiger partial charge is 0.493 e. The Morgan fingerprint density at radius 3 is 2.31 bits per heavy atom. The Bertz CT molecular complexity index is 885. The van der Waals surface area contributed by atoms with Crippen LogP contribution in [-0.2, 0) is 4.74 Å². The van der Waals surface area contributed by atoms with Crippen molar-refractivity contribution in [2.75, 3.05) is 40.5 Å². The van der Waals surface area contributed by atoms with Crippen LogP contribution in [0.25, 0.3) is 6.08 Å². The first-order valence-corrected chi connectivity index (χ1v) is 9.19. The zero-order valence-electron chi connectivity index (χ0n) is 16.4. The van der Waals surface area contributed by atoms with E-state index >= 15 is 0 Å². The van der Waals surface area contributed by atoms with E-state index in [2.05, 4.69) is 0 Å². The fourth-order valence-electron chi connectivity index (χ4n) is 2.82. The minimum Gasteiger partial charge on any atom is -0.493 e. The Balaban J connectivity index is 1.61. The number of amides is 1. The summed E-state index contributed by atoms with van der Waals surface area (Å²) in [5, 5.41) is 0. The van der Waals surface area contributed by atoms with Crippen LogP contribution >= 0.6 is 0 Å². The van der Waals surface area contributed by atoms with Gasteiger partial charge >= 0.3 is 6.09 Å². The van der Waals surface area contributed by atoms with Crippen molar-refractivity contribution in [2.45, 2.75) is 0 Å². The van der Waals surface area contributed by atoms with E-state index in [1.54, 1.807) is 61.6 Å². The van der Waals surface area contributed by atoms with Gasteiger partial charge in [0.25, 0.3) is 0 Å². The number of ketones is 1. The molecule has 0 saturated carbocycles. The van der Waals surface area contributed by atoms with E-state index in [4.69, 9.17) is 18.9 Å². The molecule has 1 aliphatic heterocycles. The Kier molecular flexibility index (Phi) is 6.86. The summed E-state index contributed by atoms with van der Waals surface area (Å²) >= 11 is 0. The number of rotatable bonds is 6. The summed E-state index contributed by atoms with van der Waals surface area (Å²) in [6.07, 6.45) is 2.77. The SMILES string of the molecule is COc1ccc(/C=C/C(=O)c2ccc(OC(=O)N3CCOCC3)cc2)cc1OC. The molecule has 152 valence electrons. The van der Waals surface area contributed by atoms with Crippen molar-refractivity contribution >= 4 is 18.0 Å². The number of benzene rings is 2. The highest BCUT2D eigenvalue weighted by atomic mass is 16.6. The van der Waals surface area contributed by atoms with Crippen LogP contribution in [0.15, 0.2) is 48.5 Å². The number of morpholine rings is 1. The molecule has 7 heteroatoms. The van der Waals surface area contributed by atoms with Gasteiger partial charge in [-0.3, -0.25) is 4.79 Å². The van der Waals surface area contributed by atoms with Gasteiger partial charge in [-0.2, -0.15) is 0 Å². The van der Waals surface area contributed by atoms with E-state index in [-0.39, 0.29) is 5.78 Å². The minimum atomic E-state index is -0.416. The predicted octanol–water partition coefficient (Wildman–Crippen LogP) is 3.43. The van der Waals surface area contributed by atoms with Crippen LogP contribution in [-0.4, -0.2) is 57.3 Å². The molecule has 1 aliphatic rings. The third-order valence-corrected chi connectivity index (χ3v) is 4.45. The van der Waals surface area contributed by atoms with E-state index in [1.165, 1.54) is 6.08 Å². The predicted molar refractivity (Wildman–Crippen MR) is 108 cm³/mol. The molecular formula is C22H23NO6. The van der Waals surface area contributed by atoms with Crippen molar-refractivity contribution in [2.24, 2.45) is 0 Å². The van der Waals surface area contributed by atoms with Gasteiger partial charge in [0.2, 0.25) is 0 Å². The number of hydrogen-bond acceptors (Lipinski definition) is 6. The van der Waals surface area contributed by atoms with Crippen molar-refractivity contribution in [3.63, 3.8) is 0 Å². The second-order valence-electron chi connectivity index (χ2n) is 6.30. The average molecular weight is 397 g/mol. The fraction of sp³-hybridized carbons (Fsp3) is 0.273. The molecule has 7 nitrogen and oxygen atoms in total. The van der Waals surface area contributed by atoms with Crippen LogP contribution in [0.1, 0.15) is 15.9 Å². The topological polar surface area (TPSA) is 74.3 Å². The maximum atomic E-state index is 12.4. The van der Waals surface area contributed by atoms with Crippen molar-refractivity contribution < 1.29 is 28.5 Å². The zero-order chi connectivity index (χ0) is 20.6. The average Bonchev–Trinajstić information content (AvgIpc) is 2.78. The van der Waals surface area contributed by atoms with Crippen LogP contribution in [0.5, 0.6) is 17.2 Å². The fourth-order valence-corrected chi connectivity index (χ4v) is 2.82. The van der Waals surface area contributed by atoms with Crippen LogP contribution in [0.3, 0.4) is 0 Å². The number of nitrogens with zero attached hydrogens (tertiary/aromatic N) is 1. The van der Waals surface area contributed by atoms with E-state index < -0.39 is 6.09 Å². The van der Waals surface area contributed by atoms with Gasteiger partial charge in [-0.05, 0) is 48.0 Å². The molecule has 1 amide bonds. The summed E-state index contributed by atoms with van der Waals surface area (Å²) in [5.74, 6) is 1.44. The molecule has 2 aromatic rings. The van der Waals surface area contributed by atoms with Gasteiger partial charge in [-0.1, -0.05) is 12.1 Å². The number of allylic oxidation sites excluding steroid dienone is 1. The molecular weight excluding hydrogens is 374 g/mol. The highest BCUT2D eigenvalue weighted by Gasteiger charge is 2.18. The zero-order valence-corrected chi connectivity index (χ0v) is 16.4. The van der Waals surface area contributed by atoms with Gasteiger partial charge in [-0.15, -0.1) is 0 Å². The van der Waals surface area contributed by atoms with Crippen LogP contribution in [0.2, 0.25) is 0 Å². The summed E-state index contributed by atoms with van der Waals surface area (Å²) in [6, 6.07) is 11.9. The lowest BCUT2D eigenvalue weighted by molar-refractivity contribution is 0.0416. The van der Waals surface area contributed by atoms with Crippen LogP contribution < -0.4 is 14.2 Å². The summed E-state index contributed by atoms with van der Waals surface area (Å²) in [7, 11) is 3.13. The first-order valence-electron chi connectivity index (χ1n) is 9.19. The van der Waals surface area contributed by atoms with Gasteiger partial charge in [-0.25, -0.2) is 4.79 Å². The quantitative estimate of drug-likeness (QED) is 0.549. The third-order valence-electron chi connectivity index (χ3n) is 4.45. The minimum absolute atomic E-state index is 0.161. The van der Waals surface area contributed by atoms with Gasteiger partial charge in [0, 0.05) is 18.7 Å². The standard InChI is InChI=1S/C22H23NO6/c1-26-20-10-4-16(15-21(20)27-2)3-9-19(24)17-5-7-18(8-6-17)29-22(25)23-11-13-28-14-12-23/h3-10,15H,11-14H2,1-2H3/b9-3+. The lowest BCUT2D eigenvalue weighted by Gasteiger charge is -2.25. The molecule has 0 atom stereocenters. The molecule has 0 N–H and O–H groups in total. The van der Waals surface area contributed by atoms with Crippen molar-refractivity contribution in [3.05, 3.63) is 59.7 Å². The molecule has 0 unspecified atom stereocenters. The number of carbonyl (C=O) groups excluding carboxylic acids is 2. The summed E-state index contributed by atoms with van der Waals surface area (Å²) in [6.45, 7) is 2.04. The third kappa shape index (κ3) is 5.36. The Morgan fingerprint density at radius 1 is 0.966 bits per heavy atom. The van der Waals surface area contributed by atoms with Crippen molar-refractivity contribution in [1.29, 1.82) is 0 Å². The molecule has 0 spiro atoms. The van der Waals surface area contributed by atoms with Crippen molar-refractivity contribution in [1.82, 2.24) is 4.90 Å². The van der Waals surface area contributed by atoms with E-state index in [1.807, 2.05) is 6.07 Å². The summed E-state index contributed by atoms with van der Waals surface area (Å²) in [4.78, 5) is 26.1. The lowest BCUT2D eigenvalue weighted by atomic mass is 10.1. The number of hydrogen-bond donors (Lipinski definition) is 0. The molecule has 0 bridgehead atoms. The van der Waals surface area contributed by atoms with Gasteiger partial charge in [0.05, 0.1) is 27.4 Å². The maximum Gasteiger partial charge on any atom is 0.415 e. The monoisotopic (exact) mass is 397 g/mol. The molecule has 29 heavy (non-hydrogen) atoms. The van der Waals surface area contributed by atoms with Gasteiger partial charge < -0.3 is 23.8 Å². The highest BCUT2D eigenvalue weighted by molar-refractivity contribution is 6.06. The number of methoxy groups -OCH3 is 2. The molecule has 2 aromatic carbocycles. The number of carbonyl (C=O) groups is 2. The Morgan fingerprint density at radius 2 is 1.66 bits per heavy atom. The Labute approximate surface area is 169 Å². The van der Waals surface area contributed by atoms with Gasteiger partial charge in [0.15, 0.2) is 17.3 Å². The molecule has 1 fully saturated rings. The molecule has 0 radical (unpaired) electrons. The van der Waals surface area contributed by atoms with Gasteiger partial charge in [0.1, 0.15) is 5.75 Å². The molecule has 1 heterocycles. The van der Waals surface area contributed by atoms with E-state index in [0.717, 1.165) is 5.56 Å². The Hall–Kier alpha value is -3.32. The molecule has 3 rings (SSSR count). The normalized spacial score (nSPS) is 13.9. The number of ether oxygens (including phenoxy) is 4. The lowest BCUT2D eigenvalue weighted by Crippen LogP contribution is -2.42. The molecule has 0 aliphatic carbocycles. The second kappa shape index (κ2) is 9.75. The maximum absolute atomic E-state index is 12.4. The summed E-state index contributed by atoms with van der Waals surface area (Å²) in [5.41, 5.74) is 1.31. The smallest absolute Gasteiger partial charge is 0.415 e. The first kappa shape index (κ1) is 20.4. The molecule has 0 aromatic heterocycles. The summed E-state index contributed by atoms with van der Waals surface area (Å²) < 4.78 is 21.0. The van der Waals surface area contributed by atoms with E-state index in [0.29, 0.717) is 49.1 Å². The van der Waals surface area contributed by atoms with Crippen LogP contribution in [0.4, 0.5) is 4.79 Å². The first-order chi connectivity index (χ1) is 14.1.